The molecule has 2 N–H and O–H groups in total. The lowest BCUT2D eigenvalue weighted by Crippen LogP contribution is -2.41. The van der Waals surface area contributed by atoms with Gasteiger partial charge in [0.2, 0.25) is 15.9 Å². The quantitative estimate of drug-likeness (QED) is 0.707. The van der Waals surface area contributed by atoms with Crippen molar-refractivity contribution in [3.63, 3.8) is 0 Å². The minimum Gasteiger partial charge on any atom is -0.273 e. The summed E-state index contributed by atoms with van der Waals surface area (Å²) in [5.41, 5.74) is 5.88. The number of aryl methyl sites for hydroxylation is 1. The molecule has 1 aliphatic rings. The number of hydrazine groups is 1. The first-order chi connectivity index (χ1) is 13.5. The molecule has 1 fully saturated rings. The fourth-order valence-corrected chi connectivity index (χ4v) is 4.44. The molecule has 0 atom stereocenters. The van der Waals surface area contributed by atoms with Crippen molar-refractivity contribution in [3.8, 4) is 0 Å². The zero-order valence-corrected chi connectivity index (χ0v) is 16.1. The van der Waals surface area contributed by atoms with Crippen molar-refractivity contribution in [1.82, 2.24) is 20.1 Å². The number of carbonyl (C=O) groups is 2. The molecule has 9 heteroatoms. The molecule has 1 saturated heterocycles. The van der Waals surface area contributed by atoms with E-state index in [-0.39, 0.29) is 22.8 Å². The highest BCUT2D eigenvalue weighted by Crippen LogP contribution is 2.21. The van der Waals surface area contributed by atoms with Gasteiger partial charge in [-0.15, -0.1) is 0 Å². The van der Waals surface area contributed by atoms with Gasteiger partial charge in [0, 0.05) is 37.5 Å². The largest absolute Gasteiger partial charge is 0.273 e. The summed E-state index contributed by atoms with van der Waals surface area (Å²) < 4.78 is 26.4. The van der Waals surface area contributed by atoms with E-state index in [9.17, 15) is 18.0 Å². The number of hydrogen-bond acceptors (Lipinski definition) is 5. The molecule has 0 spiro atoms. The van der Waals surface area contributed by atoms with Crippen LogP contribution in [0.25, 0.3) is 0 Å². The Hall–Kier alpha value is -2.78. The molecular formula is C19H22N4O4S. The van der Waals surface area contributed by atoms with Crippen LogP contribution in [0.5, 0.6) is 0 Å². The molecule has 2 amide bonds. The Morgan fingerprint density at radius 3 is 2.39 bits per heavy atom. The maximum Gasteiger partial charge on any atom is 0.269 e. The van der Waals surface area contributed by atoms with Gasteiger partial charge in [-0.25, -0.2) is 8.42 Å². The van der Waals surface area contributed by atoms with Gasteiger partial charge >= 0.3 is 0 Å². The molecule has 0 radical (unpaired) electrons. The van der Waals surface area contributed by atoms with Crippen molar-refractivity contribution in [2.45, 2.75) is 30.6 Å². The highest BCUT2D eigenvalue weighted by molar-refractivity contribution is 7.89. The molecule has 2 heterocycles. The van der Waals surface area contributed by atoms with Crippen LogP contribution >= 0.6 is 0 Å². The van der Waals surface area contributed by atoms with E-state index in [1.54, 1.807) is 18.5 Å². The number of hydrogen-bond donors (Lipinski definition) is 2. The molecule has 0 bridgehead atoms. The molecular weight excluding hydrogens is 380 g/mol. The number of rotatable bonds is 6. The van der Waals surface area contributed by atoms with Gasteiger partial charge in [0.1, 0.15) is 0 Å². The Morgan fingerprint density at radius 2 is 1.75 bits per heavy atom. The van der Waals surface area contributed by atoms with Crippen LogP contribution in [0.1, 0.15) is 35.2 Å². The van der Waals surface area contributed by atoms with Gasteiger partial charge in [0.15, 0.2) is 0 Å². The van der Waals surface area contributed by atoms with E-state index >= 15 is 0 Å². The lowest BCUT2D eigenvalue weighted by molar-refractivity contribution is -0.121. The number of nitrogens with zero attached hydrogens (tertiary/aromatic N) is 2. The Morgan fingerprint density at radius 1 is 1.04 bits per heavy atom. The van der Waals surface area contributed by atoms with Gasteiger partial charge in [0.25, 0.3) is 5.91 Å². The summed E-state index contributed by atoms with van der Waals surface area (Å²) in [6.07, 6.45) is 5.78. The summed E-state index contributed by atoms with van der Waals surface area (Å²) in [6, 6.07) is 9.35. The Bertz CT molecular complexity index is 924. The molecule has 0 saturated carbocycles. The van der Waals surface area contributed by atoms with Crippen LogP contribution < -0.4 is 10.9 Å². The Kier molecular flexibility index (Phi) is 6.37. The second-order valence-corrected chi connectivity index (χ2v) is 8.44. The highest BCUT2D eigenvalue weighted by atomic mass is 32.2. The summed E-state index contributed by atoms with van der Waals surface area (Å²) in [7, 11) is -3.51. The number of sulfonamides is 1. The highest BCUT2D eigenvalue weighted by Gasteiger charge is 2.27. The average molecular weight is 402 g/mol. The zero-order valence-electron chi connectivity index (χ0n) is 15.3. The second kappa shape index (κ2) is 8.94. The molecule has 1 aromatic heterocycles. The number of amides is 2. The maximum absolute atomic E-state index is 12.5. The van der Waals surface area contributed by atoms with Gasteiger partial charge in [-0.2, -0.15) is 4.31 Å². The monoisotopic (exact) mass is 402 g/mol. The number of carbonyl (C=O) groups excluding carboxylic acids is 2. The van der Waals surface area contributed by atoms with Crippen LogP contribution in [0.2, 0.25) is 0 Å². The van der Waals surface area contributed by atoms with Crippen molar-refractivity contribution in [3.05, 3.63) is 59.9 Å². The summed E-state index contributed by atoms with van der Waals surface area (Å²) >= 11 is 0. The normalized spacial score (nSPS) is 14.6. The fourth-order valence-electron chi connectivity index (χ4n) is 2.92. The number of aromatic nitrogens is 1. The van der Waals surface area contributed by atoms with Gasteiger partial charge < -0.3 is 0 Å². The van der Waals surface area contributed by atoms with Crippen LogP contribution in [-0.4, -0.2) is 42.6 Å². The van der Waals surface area contributed by atoms with Gasteiger partial charge in [0.05, 0.1) is 4.90 Å². The van der Waals surface area contributed by atoms with Gasteiger partial charge in [-0.3, -0.25) is 25.4 Å². The fraction of sp³-hybridized carbons (Fsp3) is 0.316. The molecule has 3 rings (SSSR count). The number of nitrogens with one attached hydrogen (secondary N) is 2. The van der Waals surface area contributed by atoms with Gasteiger partial charge in [-0.1, -0.05) is 6.07 Å². The van der Waals surface area contributed by atoms with Crippen molar-refractivity contribution < 1.29 is 18.0 Å². The van der Waals surface area contributed by atoms with Crippen LogP contribution in [-0.2, 0) is 21.2 Å². The second-order valence-electron chi connectivity index (χ2n) is 6.50. The SMILES string of the molecule is O=C(CCc1cccnc1)NNC(=O)c1ccc(S(=O)(=O)N2CCCC2)cc1. The number of benzene rings is 1. The lowest BCUT2D eigenvalue weighted by atomic mass is 10.1. The Balaban J connectivity index is 1.51. The van der Waals surface area contributed by atoms with Crippen LogP contribution in [0, 0.1) is 0 Å². The first-order valence-corrected chi connectivity index (χ1v) is 10.5. The molecule has 0 aliphatic carbocycles. The van der Waals surface area contributed by atoms with E-state index in [1.165, 1.54) is 28.6 Å². The van der Waals surface area contributed by atoms with E-state index in [2.05, 4.69) is 15.8 Å². The first kappa shape index (κ1) is 20.0. The predicted octanol–water partition coefficient (Wildman–Crippen LogP) is 1.26. The topological polar surface area (TPSA) is 108 Å². The Labute approximate surface area is 164 Å². The molecule has 8 nitrogen and oxygen atoms in total. The lowest BCUT2D eigenvalue weighted by Gasteiger charge is -2.15. The third-order valence-corrected chi connectivity index (χ3v) is 6.41. The van der Waals surface area contributed by atoms with Crippen LogP contribution in [0.15, 0.2) is 53.7 Å². The molecule has 2 aromatic rings. The molecule has 1 aliphatic heterocycles. The van der Waals surface area contributed by atoms with Crippen molar-refractivity contribution in [2.24, 2.45) is 0 Å². The van der Waals surface area contributed by atoms with E-state index in [0.717, 1.165) is 18.4 Å². The summed E-state index contributed by atoms with van der Waals surface area (Å²) in [5, 5.41) is 0. The minimum absolute atomic E-state index is 0.159. The van der Waals surface area contributed by atoms with E-state index in [0.29, 0.717) is 19.5 Å². The molecule has 0 unspecified atom stereocenters. The van der Waals surface area contributed by atoms with E-state index in [4.69, 9.17) is 0 Å². The molecule has 28 heavy (non-hydrogen) atoms. The zero-order chi connectivity index (χ0) is 20.0. The summed E-state index contributed by atoms with van der Waals surface area (Å²) in [6.45, 7) is 1.05. The van der Waals surface area contributed by atoms with E-state index in [1.807, 2.05) is 6.07 Å². The standard InChI is InChI=1S/C19H22N4O4S/c24-18(10-5-15-4-3-11-20-14-15)21-22-19(25)16-6-8-17(9-7-16)28(26,27)23-12-1-2-13-23/h3-4,6-9,11,14H,1-2,5,10,12-13H2,(H,21,24)(H,22,25). The maximum atomic E-state index is 12.5. The third kappa shape index (κ3) is 4.93. The molecule has 148 valence electrons. The molecule has 1 aromatic carbocycles. The van der Waals surface area contributed by atoms with Crippen molar-refractivity contribution in [1.29, 1.82) is 0 Å². The predicted molar refractivity (Wildman–Crippen MR) is 103 cm³/mol. The summed E-state index contributed by atoms with van der Waals surface area (Å²) in [4.78, 5) is 28.1. The van der Waals surface area contributed by atoms with Gasteiger partial charge in [-0.05, 0) is 55.2 Å². The average Bonchev–Trinajstić information content (AvgIpc) is 3.27. The van der Waals surface area contributed by atoms with Crippen molar-refractivity contribution >= 4 is 21.8 Å². The van der Waals surface area contributed by atoms with Crippen LogP contribution in [0.4, 0.5) is 0 Å². The first-order valence-electron chi connectivity index (χ1n) is 9.05. The smallest absolute Gasteiger partial charge is 0.269 e. The van der Waals surface area contributed by atoms with Crippen LogP contribution in [0.3, 0.4) is 0 Å². The van der Waals surface area contributed by atoms with E-state index < -0.39 is 15.9 Å². The minimum atomic E-state index is -3.51. The third-order valence-electron chi connectivity index (χ3n) is 4.50. The number of pyridine rings is 1. The van der Waals surface area contributed by atoms with Crippen molar-refractivity contribution in [2.75, 3.05) is 13.1 Å². The summed E-state index contributed by atoms with van der Waals surface area (Å²) in [5.74, 6) is -0.842.